The monoisotopic (exact) mass is 328 g/mol. The Labute approximate surface area is 140 Å². The SMILES string of the molecule is COc1ccccc1-c1ccnc(N[C@@H]2CO[C@@H]3[C@@H]2OC[C@@H]3N)n1. The van der Waals surface area contributed by atoms with Crippen LogP contribution in [-0.2, 0) is 9.47 Å². The molecule has 0 radical (unpaired) electrons. The van der Waals surface area contributed by atoms with Crippen LogP contribution in [0.25, 0.3) is 11.3 Å². The summed E-state index contributed by atoms with van der Waals surface area (Å²) in [4.78, 5) is 8.92. The molecule has 4 rings (SSSR count). The smallest absolute Gasteiger partial charge is 0.223 e. The number of aromatic nitrogens is 2. The molecule has 0 aliphatic carbocycles. The highest BCUT2D eigenvalue weighted by atomic mass is 16.6. The Bertz CT molecular complexity index is 726. The third-order valence-corrected chi connectivity index (χ3v) is 4.44. The standard InChI is InChI=1S/C17H20N4O3/c1-22-14-5-3-2-4-10(14)12-6-7-19-17(20-12)21-13-9-24-15-11(18)8-23-16(13)15/h2-7,11,13,15-16H,8-9,18H2,1H3,(H,19,20,21)/t11-,13+,15-,16+/m0/s1. The predicted molar refractivity (Wildman–Crippen MR) is 88.9 cm³/mol. The number of rotatable bonds is 4. The summed E-state index contributed by atoms with van der Waals surface area (Å²) in [6.07, 6.45) is 1.62. The van der Waals surface area contributed by atoms with Crippen LogP contribution in [0, 0.1) is 0 Å². The number of hydrogen-bond donors (Lipinski definition) is 2. The van der Waals surface area contributed by atoms with Gasteiger partial charge in [0, 0.05) is 11.8 Å². The van der Waals surface area contributed by atoms with E-state index in [0.29, 0.717) is 19.2 Å². The molecule has 3 heterocycles. The minimum Gasteiger partial charge on any atom is -0.496 e. The molecule has 1 aromatic carbocycles. The van der Waals surface area contributed by atoms with Gasteiger partial charge >= 0.3 is 0 Å². The second kappa shape index (κ2) is 6.35. The molecule has 2 aliphatic rings. The van der Waals surface area contributed by atoms with Crippen LogP contribution >= 0.6 is 0 Å². The second-order valence-electron chi connectivity index (χ2n) is 5.98. The van der Waals surface area contributed by atoms with Gasteiger partial charge in [0.25, 0.3) is 0 Å². The molecule has 0 spiro atoms. The Morgan fingerprint density at radius 2 is 2.00 bits per heavy atom. The van der Waals surface area contributed by atoms with Crippen molar-refractivity contribution in [1.82, 2.24) is 9.97 Å². The molecular weight excluding hydrogens is 308 g/mol. The molecule has 7 heteroatoms. The Hall–Kier alpha value is -2.22. The number of fused-ring (bicyclic) bond motifs is 1. The van der Waals surface area contributed by atoms with Gasteiger partial charge in [-0.1, -0.05) is 12.1 Å². The molecular formula is C17H20N4O3. The average Bonchev–Trinajstić information content (AvgIpc) is 3.19. The summed E-state index contributed by atoms with van der Waals surface area (Å²) in [5, 5.41) is 3.31. The average molecular weight is 328 g/mol. The van der Waals surface area contributed by atoms with Crippen molar-refractivity contribution in [2.45, 2.75) is 24.3 Å². The largest absolute Gasteiger partial charge is 0.496 e. The van der Waals surface area contributed by atoms with Crippen molar-refractivity contribution in [2.24, 2.45) is 5.73 Å². The lowest BCUT2D eigenvalue weighted by atomic mass is 10.1. The molecule has 0 bridgehead atoms. The predicted octanol–water partition coefficient (Wildman–Crippen LogP) is 1.06. The molecule has 0 saturated carbocycles. The van der Waals surface area contributed by atoms with Gasteiger partial charge < -0.3 is 25.3 Å². The molecule has 3 N–H and O–H groups in total. The molecule has 2 aliphatic heterocycles. The highest BCUT2D eigenvalue weighted by Crippen LogP contribution is 2.30. The van der Waals surface area contributed by atoms with Crippen molar-refractivity contribution < 1.29 is 14.2 Å². The van der Waals surface area contributed by atoms with Crippen molar-refractivity contribution in [3.63, 3.8) is 0 Å². The Balaban J connectivity index is 1.55. The minimum absolute atomic E-state index is 0.00327. The summed E-state index contributed by atoms with van der Waals surface area (Å²) in [6.45, 7) is 1.06. The van der Waals surface area contributed by atoms with Crippen LogP contribution in [0.3, 0.4) is 0 Å². The van der Waals surface area contributed by atoms with Gasteiger partial charge in [0.1, 0.15) is 18.0 Å². The molecule has 1 aromatic heterocycles. The number of methoxy groups -OCH3 is 1. The molecule has 4 atom stereocenters. The van der Waals surface area contributed by atoms with Crippen molar-refractivity contribution >= 4 is 5.95 Å². The highest BCUT2D eigenvalue weighted by molar-refractivity contribution is 5.67. The van der Waals surface area contributed by atoms with Gasteiger partial charge in [0.15, 0.2) is 0 Å². The summed E-state index contributed by atoms with van der Waals surface area (Å²) in [5.74, 6) is 1.31. The van der Waals surface area contributed by atoms with E-state index in [1.54, 1.807) is 13.3 Å². The number of ether oxygens (including phenoxy) is 3. The van der Waals surface area contributed by atoms with Crippen molar-refractivity contribution in [1.29, 1.82) is 0 Å². The minimum atomic E-state index is -0.0670. The Kier molecular flexibility index (Phi) is 4.05. The van der Waals surface area contributed by atoms with Gasteiger partial charge in [0.05, 0.1) is 38.1 Å². The zero-order valence-corrected chi connectivity index (χ0v) is 13.4. The third kappa shape index (κ3) is 2.71. The number of hydrogen-bond acceptors (Lipinski definition) is 7. The highest BCUT2D eigenvalue weighted by Gasteiger charge is 2.46. The number of nitrogens with one attached hydrogen (secondary N) is 1. The van der Waals surface area contributed by atoms with Crippen LogP contribution < -0.4 is 15.8 Å². The van der Waals surface area contributed by atoms with Gasteiger partial charge in [0.2, 0.25) is 5.95 Å². The van der Waals surface area contributed by atoms with E-state index in [2.05, 4.69) is 15.3 Å². The van der Waals surface area contributed by atoms with Crippen LogP contribution in [0.2, 0.25) is 0 Å². The van der Waals surface area contributed by atoms with Gasteiger partial charge in [-0.3, -0.25) is 0 Å². The first-order chi connectivity index (χ1) is 11.8. The molecule has 126 valence electrons. The summed E-state index contributed by atoms with van der Waals surface area (Å²) < 4.78 is 16.9. The first-order valence-electron chi connectivity index (χ1n) is 7.98. The fraction of sp³-hybridized carbons (Fsp3) is 0.412. The normalized spacial score (nSPS) is 28.6. The number of nitrogens with zero attached hydrogens (tertiary/aromatic N) is 2. The number of benzene rings is 1. The number of nitrogens with two attached hydrogens (primary N) is 1. The molecule has 7 nitrogen and oxygen atoms in total. The van der Waals surface area contributed by atoms with Crippen molar-refractivity contribution in [2.75, 3.05) is 25.6 Å². The van der Waals surface area contributed by atoms with Gasteiger partial charge in [-0.2, -0.15) is 0 Å². The van der Waals surface area contributed by atoms with Gasteiger partial charge in [-0.25, -0.2) is 9.97 Å². The fourth-order valence-corrected chi connectivity index (χ4v) is 3.25. The second-order valence-corrected chi connectivity index (χ2v) is 5.98. The van der Waals surface area contributed by atoms with Crippen LogP contribution in [0.15, 0.2) is 36.5 Å². The van der Waals surface area contributed by atoms with E-state index in [1.165, 1.54) is 0 Å². The van der Waals surface area contributed by atoms with Crippen LogP contribution in [0.5, 0.6) is 5.75 Å². The lowest BCUT2D eigenvalue weighted by molar-refractivity contribution is 0.0698. The van der Waals surface area contributed by atoms with Gasteiger partial charge in [-0.05, 0) is 18.2 Å². The van der Waals surface area contributed by atoms with E-state index in [-0.39, 0.29) is 24.3 Å². The first kappa shape index (κ1) is 15.3. The van der Waals surface area contributed by atoms with E-state index in [1.807, 2.05) is 30.3 Å². The lowest BCUT2D eigenvalue weighted by Gasteiger charge is -2.17. The Morgan fingerprint density at radius 1 is 1.17 bits per heavy atom. The maximum atomic E-state index is 5.98. The number of para-hydroxylation sites is 1. The number of anilines is 1. The summed E-state index contributed by atoms with van der Waals surface area (Å²) in [6, 6.07) is 9.56. The van der Waals surface area contributed by atoms with E-state index in [9.17, 15) is 0 Å². The molecule has 2 saturated heterocycles. The molecule has 0 amide bonds. The van der Waals surface area contributed by atoms with Crippen LogP contribution in [0.1, 0.15) is 0 Å². The van der Waals surface area contributed by atoms with E-state index < -0.39 is 0 Å². The topological polar surface area (TPSA) is 91.5 Å². The zero-order valence-electron chi connectivity index (χ0n) is 13.4. The quantitative estimate of drug-likeness (QED) is 0.867. The van der Waals surface area contributed by atoms with E-state index in [4.69, 9.17) is 19.9 Å². The van der Waals surface area contributed by atoms with E-state index in [0.717, 1.165) is 17.0 Å². The fourth-order valence-electron chi connectivity index (χ4n) is 3.25. The first-order valence-corrected chi connectivity index (χ1v) is 7.98. The molecule has 0 unspecified atom stereocenters. The lowest BCUT2D eigenvalue weighted by Crippen LogP contribution is -2.39. The Morgan fingerprint density at radius 3 is 2.88 bits per heavy atom. The van der Waals surface area contributed by atoms with Crippen molar-refractivity contribution in [3.05, 3.63) is 36.5 Å². The summed E-state index contributed by atoms with van der Waals surface area (Å²) in [5.41, 5.74) is 7.70. The van der Waals surface area contributed by atoms with Gasteiger partial charge in [-0.15, -0.1) is 0 Å². The third-order valence-electron chi connectivity index (χ3n) is 4.44. The molecule has 2 aromatic rings. The van der Waals surface area contributed by atoms with E-state index >= 15 is 0 Å². The van der Waals surface area contributed by atoms with Crippen LogP contribution in [-0.4, -0.2) is 54.6 Å². The maximum Gasteiger partial charge on any atom is 0.223 e. The van der Waals surface area contributed by atoms with Crippen molar-refractivity contribution in [3.8, 4) is 17.0 Å². The molecule has 2 fully saturated rings. The summed E-state index contributed by atoms with van der Waals surface area (Å²) in [7, 11) is 1.65. The zero-order chi connectivity index (χ0) is 16.5. The maximum absolute atomic E-state index is 5.98. The van der Waals surface area contributed by atoms with Crippen LogP contribution in [0.4, 0.5) is 5.95 Å². The summed E-state index contributed by atoms with van der Waals surface area (Å²) >= 11 is 0. The molecule has 24 heavy (non-hydrogen) atoms.